The molecule has 2 aromatic carbocycles. The Balaban J connectivity index is 1.57. The molecule has 3 aromatic rings. The summed E-state index contributed by atoms with van der Waals surface area (Å²) in [6.45, 7) is 8.59. The van der Waals surface area contributed by atoms with Crippen LogP contribution in [0, 0.1) is 6.92 Å². The molecule has 6 nitrogen and oxygen atoms in total. The summed E-state index contributed by atoms with van der Waals surface area (Å²) in [6.07, 6.45) is 0. The van der Waals surface area contributed by atoms with Crippen LogP contribution in [0.5, 0.6) is 5.75 Å². The molecular weight excluding hydrogens is 376 g/mol. The van der Waals surface area contributed by atoms with E-state index in [1.807, 2.05) is 43.3 Å². The molecule has 0 saturated carbocycles. The van der Waals surface area contributed by atoms with Crippen molar-refractivity contribution in [2.45, 2.75) is 13.8 Å². The fourth-order valence-electron chi connectivity index (χ4n) is 3.79. The van der Waals surface area contributed by atoms with Gasteiger partial charge in [0.25, 0.3) is 5.91 Å². The lowest BCUT2D eigenvalue weighted by Crippen LogP contribution is -2.44. The minimum absolute atomic E-state index is 0.182. The van der Waals surface area contributed by atoms with E-state index < -0.39 is 0 Å². The van der Waals surface area contributed by atoms with Crippen molar-refractivity contribution in [3.05, 3.63) is 59.7 Å². The Morgan fingerprint density at radius 2 is 1.87 bits per heavy atom. The van der Waals surface area contributed by atoms with Crippen LogP contribution >= 0.6 is 0 Å². The number of hydrogen-bond acceptors (Lipinski definition) is 5. The zero-order valence-corrected chi connectivity index (χ0v) is 17.8. The van der Waals surface area contributed by atoms with E-state index in [1.165, 1.54) is 0 Å². The van der Waals surface area contributed by atoms with Gasteiger partial charge in [0.1, 0.15) is 11.6 Å². The topological polar surface area (TPSA) is 57.7 Å². The van der Waals surface area contributed by atoms with Gasteiger partial charge in [-0.15, -0.1) is 0 Å². The van der Waals surface area contributed by atoms with Crippen molar-refractivity contribution in [2.24, 2.45) is 0 Å². The monoisotopic (exact) mass is 404 g/mol. The Kier molecular flexibility index (Phi) is 5.86. The third-order valence-electron chi connectivity index (χ3n) is 5.52. The number of fused-ring (bicyclic) bond motifs is 1. The fourth-order valence-corrected chi connectivity index (χ4v) is 3.79. The number of nitrogens with zero attached hydrogens (tertiary/aromatic N) is 3. The number of likely N-dealkylation sites (N-methyl/N-ethyl adjacent to an activating group) is 1. The van der Waals surface area contributed by atoms with Gasteiger partial charge in [-0.1, -0.05) is 12.1 Å². The largest absolute Gasteiger partial charge is 0.493 e. The van der Waals surface area contributed by atoms with Crippen LogP contribution in [0.3, 0.4) is 0 Å². The average molecular weight is 405 g/mol. The van der Waals surface area contributed by atoms with Crippen molar-refractivity contribution >= 4 is 28.3 Å². The maximum atomic E-state index is 12.8. The van der Waals surface area contributed by atoms with Gasteiger partial charge < -0.3 is 19.9 Å². The SMILES string of the molecule is CCOc1ccccc1C(=O)Nc1ccc2nc(N3CCN(C)CC3)cc(C)c2c1. The van der Waals surface area contributed by atoms with Crippen molar-refractivity contribution in [1.82, 2.24) is 9.88 Å². The minimum Gasteiger partial charge on any atom is -0.493 e. The Bertz CT molecular complexity index is 1060. The predicted octanol–water partition coefficient (Wildman–Crippen LogP) is 3.95. The molecule has 0 bridgehead atoms. The fraction of sp³-hybridized carbons (Fsp3) is 0.333. The van der Waals surface area contributed by atoms with Crippen LogP contribution in [-0.2, 0) is 0 Å². The molecule has 6 heteroatoms. The molecule has 1 aliphatic rings. The van der Waals surface area contributed by atoms with Crippen LogP contribution in [0.1, 0.15) is 22.8 Å². The average Bonchev–Trinajstić information content (AvgIpc) is 2.75. The molecule has 156 valence electrons. The van der Waals surface area contributed by atoms with E-state index in [0.717, 1.165) is 54.2 Å². The minimum atomic E-state index is -0.182. The molecule has 30 heavy (non-hydrogen) atoms. The Morgan fingerprint density at radius 1 is 1.10 bits per heavy atom. The number of ether oxygens (including phenoxy) is 1. The van der Waals surface area contributed by atoms with Crippen molar-refractivity contribution in [3.63, 3.8) is 0 Å². The Hall–Kier alpha value is -3.12. The predicted molar refractivity (Wildman–Crippen MR) is 122 cm³/mol. The van der Waals surface area contributed by atoms with Crippen molar-refractivity contribution in [2.75, 3.05) is 50.1 Å². The molecule has 4 rings (SSSR count). The van der Waals surface area contributed by atoms with E-state index in [2.05, 4.69) is 35.2 Å². The first-order valence-electron chi connectivity index (χ1n) is 10.4. The lowest BCUT2D eigenvalue weighted by molar-refractivity contribution is 0.102. The second-order valence-corrected chi connectivity index (χ2v) is 7.70. The van der Waals surface area contributed by atoms with Gasteiger partial charge in [-0.3, -0.25) is 4.79 Å². The summed E-state index contributed by atoms with van der Waals surface area (Å²) in [5.74, 6) is 1.43. The molecule has 0 spiro atoms. The second kappa shape index (κ2) is 8.71. The smallest absolute Gasteiger partial charge is 0.259 e. The summed E-state index contributed by atoms with van der Waals surface area (Å²) >= 11 is 0. The van der Waals surface area contributed by atoms with Gasteiger partial charge in [-0.25, -0.2) is 4.98 Å². The molecule has 0 radical (unpaired) electrons. The summed E-state index contributed by atoms with van der Waals surface area (Å²) in [4.78, 5) is 22.4. The van der Waals surface area contributed by atoms with E-state index in [1.54, 1.807) is 6.07 Å². The highest BCUT2D eigenvalue weighted by Crippen LogP contribution is 2.27. The number of anilines is 2. The number of carbonyl (C=O) groups is 1. The number of carbonyl (C=O) groups excluding carboxylic acids is 1. The number of nitrogens with one attached hydrogen (secondary N) is 1. The van der Waals surface area contributed by atoms with Crippen LogP contribution in [0.25, 0.3) is 10.9 Å². The number of para-hydroxylation sites is 1. The Morgan fingerprint density at radius 3 is 2.63 bits per heavy atom. The van der Waals surface area contributed by atoms with Crippen molar-refractivity contribution in [1.29, 1.82) is 0 Å². The van der Waals surface area contributed by atoms with E-state index in [0.29, 0.717) is 17.9 Å². The maximum absolute atomic E-state index is 12.8. The number of hydrogen-bond donors (Lipinski definition) is 1. The number of amides is 1. The number of benzene rings is 2. The zero-order chi connectivity index (χ0) is 21.1. The van der Waals surface area contributed by atoms with E-state index >= 15 is 0 Å². The van der Waals surface area contributed by atoms with Crippen LogP contribution in [0.15, 0.2) is 48.5 Å². The maximum Gasteiger partial charge on any atom is 0.259 e. The summed E-state index contributed by atoms with van der Waals surface area (Å²) in [5, 5.41) is 4.04. The molecule has 1 aromatic heterocycles. The number of piperazine rings is 1. The summed E-state index contributed by atoms with van der Waals surface area (Å²) < 4.78 is 5.58. The third-order valence-corrected chi connectivity index (χ3v) is 5.52. The molecule has 0 unspecified atom stereocenters. The number of pyridine rings is 1. The van der Waals surface area contributed by atoms with Crippen molar-refractivity contribution in [3.8, 4) is 5.75 Å². The van der Waals surface area contributed by atoms with Crippen molar-refractivity contribution < 1.29 is 9.53 Å². The summed E-state index contributed by atoms with van der Waals surface area (Å²) in [5.41, 5.74) is 3.37. The molecular formula is C24H28N4O2. The van der Waals surface area contributed by atoms with E-state index in [9.17, 15) is 4.79 Å². The van der Waals surface area contributed by atoms with Crippen LogP contribution in [0.4, 0.5) is 11.5 Å². The summed E-state index contributed by atoms with van der Waals surface area (Å²) in [6, 6.07) is 15.3. The van der Waals surface area contributed by atoms with Gasteiger partial charge >= 0.3 is 0 Å². The first-order valence-corrected chi connectivity index (χ1v) is 10.4. The van der Waals surface area contributed by atoms with E-state index in [4.69, 9.17) is 9.72 Å². The summed E-state index contributed by atoms with van der Waals surface area (Å²) in [7, 11) is 2.15. The van der Waals surface area contributed by atoms with Gasteiger partial charge in [-0.2, -0.15) is 0 Å². The first kappa shape index (κ1) is 20.2. The zero-order valence-electron chi connectivity index (χ0n) is 17.8. The van der Waals surface area contributed by atoms with Gasteiger partial charge in [-0.05, 0) is 62.9 Å². The molecule has 1 aliphatic heterocycles. The lowest BCUT2D eigenvalue weighted by atomic mass is 10.1. The van der Waals surface area contributed by atoms with E-state index in [-0.39, 0.29) is 5.91 Å². The highest BCUT2D eigenvalue weighted by atomic mass is 16.5. The molecule has 1 saturated heterocycles. The first-order chi connectivity index (χ1) is 14.5. The molecule has 1 fully saturated rings. The third kappa shape index (κ3) is 4.24. The van der Waals surface area contributed by atoms with Crippen LogP contribution in [-0.4, -0.2) is 55.6 Å². The standard InChI is InChI=1S/C24H28N4O2/c1-4-30-22-8-6-5-7-19(22)24(29)25-18-9-10-21-20(16-18)17(2)15-23(26-21)28-13-11-27(3)12-14-28/h5-10,15-16H,4,11-14H2,1-3H3,(H,25,29). The van der Waals surface area contributed by atoms with Crippen LogP contribution < -0.4 is 15.0 Å². The lowest BCUT2D eigenvalue weighted by Gasteiger charge is -2.33. The molecule has 0 aliphatic carbocycles. The molecule has 1 amide bonds. The highest BCUT2D eigenvalue weighted by Gasteiger charge is 2.17. The number of aryl methyl sites for hydroxylation is 1. The normalized spacial score (nSPS) is 14.7. The molecule has 0 atom stereocenters. The second-order valence-electron chi connectivity index (χ2n) is 7.70. The quantitative estimate of drug-likeness (QED) is 0.698. The molecule has 1 N–H and O–H groups in total. The van der Waals surface area contributed by atoms with Gasteiger partial charge in [0.2, 0.25) is 0 Å². The van der Waals surface area contributed by atoms with Crippen LogP contribution in [0.2, 0.25) is 0 Å². The number of aromatic nitrogens is 1. The number of rotatable bonds is 5. The van der Waals surface area contributed by atoms with Gasteiger partial charge in [0, 0.05) is 37.3 Å². The molecule has 2 heterocycles. The highest BCUT2D eigenvalue weighted by molar-refractivity contribution is 6.07. The van der Waals surface area contributed by atoms with Gasteiger partial charge in [0.05, 0.1) is 17.7 Å². The Labute approximate surface area is 177 Å². The van der Waals surface area contributed by atoms with Gasteiger partial charge in [0.15, 0.2) is 0 Å².